The highest BCUT2D eigenvalue weighted by Gasteiger charge is 2.16. The maximum atomic E-state index is 10.1. The maximum Gasteiger partial charge on any atom is 0.231 e. The number of aliphatic hydroxyl groups is 1. The Balaban J connectivity index is 1.56. The van der Waals surface area contributed by atoms with E-state index < -0.39 is 6.10 Å². The molecule has 0 saturated heterocycles. The van der Waals surface area contributed by atoms with Crippen LogP contribution in [0.2, 0.25) is 0 Å². The van der Waals surface area contributed by atoms with Crippen molar-refractivity contribution in [3.63, 3.8) is 0 Å². The molecule has 1 aliphatic rings. The molecule has 1 aliphatic heterocycles. The Hall–Kier alpha value is -2.12. The number of aromatic nitrogens is 2. The van der Waals surface area contributed by atoms with Crippen LogP contribution in [0.1, 0.15) is 17.5 Å². The van der Waals surface area contributed by atoms with Crippen molar-refractivity contribution in [1.29, 1.82) is 0 Å². The van der Waals surface area contributed by atoms with Gasteiger partial charge in [-0.3, -0.25) is 0 Å². The number of nitrogens with one attached hydrogen (secondary N) is 1. The second-order valence-electron chi connectivity index (χ2n) is 4.11. The van der Waals surface area contributed by atoms with E-state index in [0.717, 1.165) is 5.56 Å². The molecule has 0 radical (unpaired) electrons. The van der Waals surface area contributed by atoms with E-state index in [4.69, 9.17) is 9.47 Å². The number of aliphatic hydroxyl groups excluding tert-OH is 1. The Bertz CT molecular complexity index is 544. The van der Waals surface area contributed by atoms with E-state index in [-0.39, 0.29) is 6.79 Å². The van der Waals surface area contributed by atoms with Gasteiger partial charge in [-0.15, -0.1) is 0 Å². The van der Waals surface area contributed by atoms with Gasteiger partial charge in [-0.1, -0.05) is 11.2 Å². The zero-order valence-electron chi connectivity index (χ0n) is 10.1. The van der Waals surface area contributed by atoms with Crippen LogP contribution in [0.5, 0.6) is 11.5 Å². The second kappa shape index (κ2) is 5.25. The summed E-state index contributed by atoms with van der Waals surface area (Å²) < 4.78 is 15.1. The van der Waals surface area contributed by atoms with Crippen LogP contribution in [0.25, 0.3) is 0 Å². The number of ether oxygens (including phenoxy) is 2. The molecule has 19 heavy (non-hydrogen) atoms. The molecule has 2 N–H and O–H groups in total. The first-order chi connectivity index (χ1) is 9.33. The van der Waals surface area contributed by atoms with E-state index >= 15 is 0 Å². The summed E-state index contributed by atoms with van der Waals surface area (Å²) in [6.07, 6.45) is 0.632. The van der Waals surface area contributed by atoms with Crippen LogP contribution in [0.15, 0.2) is 29.1 Å². The van der Waals surface area contributed by atoms with Crippen LogP contribution >= 0.6 is 0 Å². The van der Waals surface area contributed by atoms with Gasteiger partial charge in [0.15, 0.2) is 17.3 Å². The molecule has 1 unspecified atom stereocenters. The zero-order chi connectivity index (χ0) is 13.1. The molecule has 7 nitrogen and oxygen atoms in total. The van der Waals surface area contributed by atoms with Gasteiger partial charge >= 0.3 is 0 Å². The monoisotopic (exact) mass is 263 g/mol. The maximum absolute atomic E-state index is 10.1. The lowest BCUT2D eigenvalue weighted by Gasteiger charge is -2.11. The van der Waals surface area contributed by atoms with Crippen LogP contribution in [0.4, 0.5) is 0 Å². The predicted molar refractivity (Wildman–Crippen MR) is 63.5 cm³/mol. The van der Waals surface area contributed by atoms with Crippen molar-refractivity contribution in [2.45, 2.75) is 12.6 Å². The summed E-state index contributed by atoms with van der Waals surface area (Å²) in [6.45, 7) is 1.05. The topological polar surface area (TPSA) is 89.6 Å². The minimum absolute atomic E-state index is 0.227. The van der Waals surface area contributed by atoms with Gasteiger partial charge in [-0.25, -0.2) is 0 Å². The normalized spacial score (nSPS) is 14.6. The van der Waals surface area contributed by atoms with Crippen LogP contribution < -0.4 is 14.8 Å². The van der Waals surface area contributed by atoms with Crippen molar-refractivity contribution in [1.82, 2.24) is 15.5 Å². The highest BCUT2D eigenvalue weighted by molar-refractivity contribution is 5.45. The molecule has 1 atom stereocenters. The van der Waals surface area contributed by atoms with Crippen LogP contribution in [0.3, 0.4) is 0 Å². The van der Waals surface area contributed by atoms with Gasteiger partial charge in [0.1, 0.15) is 0 Å². The van der Waals surface area contributed by atoms with Gasteiger partial charge in [-0.2, -0.15) is 4.98 Å². The minimum Gasteiger partial charge on any atom is -0.454 e. The summed E-state index contributed by atoms with van der Waals surface area (Å²) in [7, 11) is 0. The summed E-state index contributed by atoms with van der Waals surface area (Å²) in [6, 6.07) is 5.39. The molecule has 0 aliphatic carbocycles. The molecule has 1 aromatic heterocycles. The average Bonchev–Trinajstić information content (AvgIpc) is 3.08. The molecule has 2 aromatic rings. The Kier molecular flexibility index (Phi) is 3.30. The standard InChI is InChI=1S/C12H13N3O4/c16-9(4-13-5-12-14-6-19-15-12)8-1-2-10-11(3-8)18-7-17-10/h1-3,6,9,13,16H,4-5,7H2. The predicted octanol–water partition coefficient (Wildman–Crippen LogP) is 0.621. The van der Waals surface area contributed by atoms with Gasteiger partial charge in [0, 0.05) is 6.54 Å². The highest BCUT2D eigenvalue weighted by Crippen LogP contribution is 2.33. The number of hydrogen-bond donors (Lipinski definition) is 2. The van der Waals surface area contributed by atoms with E-state index in [1.807, 2.05) is 6.07 Å². The summed E-state index contributed by atoms with van der Waals surface area (Å²) in [5.41, 5.74) is 0.768. The first-order valence-corrected chi connectivity index (χ1v) is 5.86. The summed E-state index contributed by atoms with van der Waals surface area (Å²) in [4.78, 5) is 3.87. The third kappa shape index (κ3) is 2.67. The molecule has 0 fully saturated rings. The third-order valence-electron chi connectivity index (χ3n) is 2.81. The van der Waals surface area contributed by atoms with Gasteiger partial charge in [0.25, 0.3) is 0 Å². The third-order valence-corrected chi connectivity index (χ3v) is 2.81. The van der Waals surface area contributed by atoms with Crippen molar-refractivity contribution < 1.29 is 19.1 Å². The lowest BCUT2D eigenvalue weighted by atomic mass is 10.1. The number of hydrogen-bond acceptors (Lipinski definition) is 7. The minimum atomic E-state index is -0.638. The Morgan fingerprint density at radius 1 is 1.32 bits per heavy atom. The smallest absolute Gasteiger partial charge is 0.231 e. The van der Waals surface area contributed by atoms with Crippen molar-refractivity contribution in [2.24, 2.45) is 0 Å². The van der Waals surface area contributed by atoms with E-state index in [1.54, 1.807) is 12.1 Å². The Labute approximate surface area is 109 Å². The first-order valence-electron chi connectivity index (χ1n) is 5.86. The average molecular weight is 263 g/mol. The van der Waals surface area contributed by atoms with Gasteiger partial charge in [0.2, 0.25) is 13.2 Å². The highest BCUT2D eigenvalue weighted by atomic mass is 16.7. The Morgan fingerprint density at radius 2 is 2.21 bits per heavy atom. The summed E-state index contributed by atoms with van der Waals surface area (Å²) in [5.74, 6) is 1.92. The van der Waals surface area contributed by atoms with E-state index in [9.17, 15) is 5.11 Å². The molecule has 0 amide bonds. The first kappa shape index (κ1) is 11.9. The molecule has 0 saturated carbocycles. The number of fused-ring (bicyclic) bond motifs is 1. The van der Waals surface area contributed by atoms with E-state index in [1.165, 1.54) is 6.39 Å². The van der Waals surface area contributed by atoms with E-state index in [0.29, 0.717) is 30.4 Å². The van der Waals surface area contributed by atoms with Gasteiger partial charge in [0.05, 0.1) is 12.6 Å². The lowest BCUT2D eigenvalue weighted by Crippen LogP contribution is -2.21. The van der Waals surface area contributed by atoms with Crippen molar-refractivity contribution in [3.8, 4) is 11.5 Å². The largest absolute Gasteiger partial charge is 0.454 e. The van der Waals surface area contributed by atoms with Gasteiger partial charge in [-0.05, 0) is 17.7 Å². The summed E-state index contributed by atoms with van der Waals surface area (Å²) in [5, 5.41) is 16.8. The van der Waals surface area contributed by atoms with E-state index in [2.05, 4.69) is 20.0 Å². The van der Waals surface area contributed by atoms with Gasteiger partial charge < -0.3 is 24.4 Å². The molecule has 1 aromatic carbocycles. The molecule has 3 rings (SSSR count). The molecule has 100 valence electrons. The molecule has 0 spiro atoms. The fourth-order valence-electron chi connectivity index (χ4n) is 1.83. The summed E-state index contributed by atoms with van der Waals surface area (Å²) >= 11 is 0. The fourth-order valence-corrected chi connectivity index (χ4v) is 1.83. The van der Waals surface area contributed by atoms with Crippen molar-refractivity contribution >= 4 is 0 Å². The molecule has 2 heterocycles. The Morgan fingerprint density at radius 3 is 3.05 bits per heavy atom. The lowest BCUT2D eigenvalue weighted by molar-refractivity contribution is 0.170. The van der Waals surface area contributed by atoms with Crippen molar-refractivity contribution in [3.05, 3.63) is 36.0 Å². The second-order valence-corrected chi connectivity index (χ2v) is 4.11. The van der Waals surface area contributed by atoms with Crippen molar-refractivity contribution in [2.75, 3.05) is 13.3 Å². The van der Waals surface area contributed by atoms with Crippen LogP contribution in [-0.2, 0) is 6.54 Å². The quantitative estimate of drug-likeness (QED) is 0.817. The molecular weight excluding hydrogens is 250 g/mol. The number of rotatable bonds is 5. The number of benzene rings is 1. The molecular formula is C12H13N3O4. The molecule has 7 heteroatoms. The van der Waals surface area contributed by atoms with Crippen LogP contribution in [-0.4, -0.2) is 28.6 Å². The number of nitrogens with zero attached hydrogens (tertiary/aromatic N) is 2. The zero-order valence-corrected chi connectivity index (χ0v) is 10.1. The van der Waals surface area contributed by atoms with Crippen LogP contribution in [0, 0.1) is 0 Å². The molecule has 0 bridgehead atoms. The fraction of sp³-hybridized carbons (Fsp3) is 0.333. The SMILES string of the molecule is OC(CNCc1ncon1)c1ccc2c(c1)OCO2.